The monoisotopic (exact) mass is 255 g/mol. The highest BCUT2D eigenvalue weighted by Crippen LogP contribution is 2.26. The molecule has 1 aromatic carbocycles. The molecule has 3 heteroatoms. The number of aromatic nitrogens is 1. The first-order valence-corrected chi connectivity index (χ1v) is 6.56. The summed E-state index contributed by atoms with van der Waals surface area (Å²) in [7, 11) is 0. The number of pyridine rings is 1. The minimum Gasteiger partial charge on any atom is -0.376 e. The molecule has 1 unspecified atom stereocenters. The van der Waals surface area contributed by atoms with Crippen molar-refractivity contribution in [1.29, 1.82) is 0 Å². The van der Waals surface area contributed by atoms with E-state index < -0.39 is 0 Å². The lowest BCUT2D eigenvalue weighted by molar-refractivity contribution is -0.0901. The summed E-state index contributed by atoms with van der Waals surface area (Å²) in [5.41, 5.74) is 4.27. The molecular weight excluding hydrogens is 238 g/mol. The van der Waals surface area contributed by atoms with Crippen molar-refractivity contribution in [3.05, 3.63) is 53.7 Å². The van der Waals surface area contributed by atoms with Crippen LogP contribution in [-0.4, -0.2) is 24.8 Å². The zero-order chi connectivity index (χ0) is 13.1. The summed E-state index contributed by atoms with van der Waals surface area (Å²) >= 11 is 0. The molecule has 1 aliphatic rings. The number of aryl methyl sites for hydroxylation is 1. The molecule has 2 aromatic rings. The minimum atomic E-state index is 0.0258. The number of nitrogens with zero attached hydrogens (tertiary/aromatic N) is 1. The number of benzene rings is 1. The minimum absolute atomic E-state index is 0.0258. The van der Waals surface area contributed by atoms with Gasteiger partial charge in [0, 0.05) is 11.3 Å². The Hall–Kier alpha value is -1.71. The molecule has 1 saturated heterocycles. The molecule has 1 aliphatic heterocycles. The first kappa shape index (κ1) is 12.3. The average Bonchev–Trinajstić information content (AvgIpc) is 2.48. The quantitative estimate of drug-likeness (QED) is 0.826. The Bertz CT molecular complexity index is 548. The van der Waals surface area contributed by atoms with E-state index in [1.165, 1.54) is 0 Å². The van der Waals surface area contributed by atoms with E-state index >= 15 is 0 Å². The largest absolute Gasteiger partial charge is 0.376 e. The molecule has 0 saturated carbocycles. The molecular formula is C16H17NO2. The van der Waals surface area contributed by atoms with Crippen LogP contribution in [0.25, 0.3) is 11.3 Å². The summed E-state index contributed by atoms with van der Waals surface area (Å²) in [6, 6.07) is 14.4. The number of ether oxygens (including phenoxy) is 2. The third-order valence-corrected chi connectivity index (χ3v) is 3.23. The number of hydrogen-bond acceptors (Lipinski definition) is 3. The van der Waals surface area contributed by atoms with Gasteiger partial charge in [-0.25, -0.2) is 0 Å². The third kappa shape index (κ3) is 2.83. The van der Waals surface area contributed by atoms with Gasteiger partial charge in [0.2, 0.25) is 0 Å². The van der Waals surface area contributed by atoms with Crippen LogP contribution in [0.4, 0.5) is 0 Å². The van der Waals surface area contributed by atoms with Gasteiger partial charge in [0.25, 0.3) is 0 Å². The normalized spacial score (nSPS) is 19.3. The van der Waals surface area contributed by atoms with Crippen molar-refractivity contribution in [1.82, 2.24) is 4.98 Å². The summed E-state index contributed by atoms with van der Waals surface area (Å²) in [5, 5.41) is 0. The summed E-state index contributed by atoms with van der Waals surface area (Å²) in [5.74, 6) is 0. The fourth-order valence-corrected chi connectivity index (χ4v) is 2.32. The summed E-state index contributed by atoms with van der Waals surface area (Å²) in [6.45, 7) is 3.98. The van der Waals surface area contributed by atoms with Crippen molar-refractivity contribution in [2.24, 2.45) is 0 Å². The molecule has 0 N–H and O–H groups in total. The van der Waals surface area contributed by atoms with Gasteiger partial charge in [-0.2, -0.15) is 0 Å². The summed E-state index contributed by atoms with van der Waals surface area (Å²) in [4.78, 5) is 4.60. The van der Waals surface area contributed by atoms with Gasteiger partial charge in [0.15, 0.2) is 0 Å². The van der Waals surface area contributed by atoms with Crippen LogP contribution in [-0.2, 0) is 9.47 Å². The Morgan fingerprint density at radius 1 is 1.11 bits per heavy atom. The lowest BCUT2D eigenvalue weighted by Gasteiger charge is -2.23. The molecule has 3 nitrogen and oxygen atoms in total. The van der Waals surface area contributed by atoms with Gasteiger partial charge >= 0.3 is 0 Å². The Balaban J connectivity index is 1.96. The lowest BCUT2D eigenvalue weighted by Crippen LogP contribution is -2.22. The van der Waals surface area contributed by atoms with Crippen LogP contribution < -0.4 is 0 Å². The first-order chi connectivity index (χ1) is 9.33. The van der Waals surface area contributed by atoms with Crippen LogP contribution in [0.3, 0.4) is 0 Å². The number of hydrogen-bond donors (Lipinski definition) is 0. The van der Waals surface area contributed by atoms with Gasteiger partial charge in [0.1, 0.15) is 6.10 Å². The summed E-state index contributed by atoms with van der Waals surface area (Å²) < 4.78 is 11.2. The van der Waals surface area contributed by atoms with Crippen molar-refractivity contribution < 1.29 is 9.47 Å². The van der Waals surface area contributed by atoms with Crippen LogP contribution in [0, 0.1) is 6.92 Å². The highest BCUT2D eigenvalue weighted by molar-refractivity contribution is 5.60. The van der Waals surface area contributed by atoms with E-state index in [0.29, 0.717) is 19.8 Å². The van der Waals surface area contributed by atoms with E-state index in [0.717, 1.165) is 22.5 Å². The van der Waals surface area contributed by atoms with Crippen molar-refractivity contribution in [3.63, 3.8) is 0 Å². The Labute approximate surface area is 113 Å². The van der Waals surface area contributed by atoms with Crippen molar-refractivity contribution in [2.75, 3.05) is 19.8 Å². The Morgan fingerprint density at radius 3 is 2.68 bits per heavy atom. The number of rotatable bonds is 2. The Kier molecular flexibility index (Phi) is 3.58. The maximum Gasteiger partial charge on any atom is 0.106 e. The van der Waals surface area contributed by atoms with Crippen LogP contribution in [0.1, 0.15) is 17.4 Å². The van der Waals surface area contributed by atoms with E-state index in [1.807, 2.05) is 25.1 Å². The molecule has 1 atom stereocenters. The van der Waals surface area contributed by atoms with E-state index in [2.05, 4.69) is 29.2 Å². The first-order valence-electron chi connectivity index (χ1n) is 6.56. The van der Waals surface area contributed by atoms with Gasteiger partial charge in [-0.3, -0.25) is 4.98 Å². The molecule has 0 amide bonds. The van der Waals surface area contributed by atoms with E-state index in [1.54, 1.807) is 0 Å². The Morgan fingerprint density at radius 2 is 1.95 bits per heavy atom. The molecule has 0 spiro atoms. The topological polar surface area (TPSA) is 31.4 Å². The second-order valence-corrected chi connectivity index (χ2v) is 4.73. The standard InChI is InChI=1S/C16H17NO2/c1-12-9-14(16-11-18-7-8-19-16)10-15(17-12)13-5-3-2-4-6-13/h2-6,9-10,16H,7-8,11H2,1H3. The second kappa shape index (κ2) is 5.51. The van der Waals surface area contributed by atoms with Crippen molar-refractivity contribution in [2.45, 2.75) is 13.0 Å². The molecule has 0 radical (unpaired) electrons. The van der Waals surface area contributed by atoms with E-state index in [-0.39, 0.29) is 6.10 Å². The molecule has 98 valence electrons. The molecule has 2 heterocycles. The molecule has 0 aliphatic carbocycles. The molecule has 0 bridgehead atoms. The van der Waals surface area contributed by atoms with Gasteiger partial charge in [0.05, 0.1) is 25.5 Å². The second-order valence-electron chi connectivity index (χ2n) is 4.73. The molecule has 19 heavy (non-hydrogen) atoms. The van der Waals surface area contributed by atoms with E-state index in [4.69, 9.17) is 9.47 Å². The van der Waals surface area contributed by atoms with Crippen molar-refractivity contribution >= 4 is 0 Å². The van der Waals surface area contributed by atoms with Crippen LogP contribution in [0.15, 0.2) is 42.5 Å². The fourth-order valence-electron chi connectivity index (χ4n) is 2.32. The van der Waals surface area contributed by atoms with Crippen molar-refractivity contribution in [3.8, 4) is 11.3 Å². The van der Waals surface area contributed by atoms with Gasteiger partial charge < -0.3 is 9.47 Å². The van der Waals surface area contributed by atoms with Gasteiger partial charge in [-0.15, -0.1) is 0 Å². The molecule has 1 fully saturated rings. The predicted molar refractivity (Wildman–Crippen MR) is 73.9 cm³/mol. The summed E-state index contributed by atoms with van der Waals surface area (Å²) in [6.07, 6.45) is 0.0258. The SMILES string of the molecule is Cc1cc(C2COCCO2)cc(-c2ccccc2)n1. The van der Waals surface area contributed by atoms with Crippen LogP contribution >= 0.6 is 0 Å². The third-order valence-electron chi connectivity index (χ3n) is 3.23. The zero-order valence-electron chi connectivity index (χ0n) is 11.0. The zero-order valence-corrected chi connectivity index (χ0v) is 11.0. The van der Waals surface area contributed by atoms with E-state index in [9.17, 15) is 0 Å². The highest BCUT2D eigenvalue weighted by atomic mass is 16.6. The van der Waals surface area contributed by atoms with Gasteiger partial charge in [-0.1, -0.05) is 30.3 Å². The molecule has 1 aromatic heterocycles. The highest BCUT2D eigenvalue weighted by Gasteiger charge is 2.18. The van der Waals surface area contributed by atoms with Gasteiger partial charge in [-0.05, 0) is 24.6 Å². The lowest BCUT2D eigenvalue weighted by atomic mass is 10.0. The van der Waals surface area contributed by atoms with Crippen LogP contribution in [0.5, 0.6) is 0 Å². The molecule has 3 rings (SSSR count). The van der Waals surface area contributed by atoms with Crippen LogP contribution in [0.2, 0.25) is 0 Å². The fraction of sp³-hybridized carbons (Fsp3) is 0.312. The maximum atomic E-state index is 5.76. The smallest absolute Gasteiger partial charge is 0.106 e. The maximum absolute atomic E-state index is 5.76. The average molecular weight is 255 g/mol. The predicted octanol–water partition coefficient (Wildman–Crippen LogP) is 3.14.